The molecule has 2 aromatic carbocycles. The van der Waals surface area contributed by atoms with Crippen LogP contribution in [-0.2, 0) is 9.59 Å². The molecule has 0 fully saturated rings. The number of rotatable bonds is 10. The van der Waals surface area contributed by atoms with Crippen molar-refractivity contribution in [3.63, 3.8) is 0 Å². The van der Waals surface area contributed by atoms with E-state index < -0.39 is 0 Å². The largest absolute Gasteiger partial charge is 0.273 e. The lowest BCUT2D eigenvalue weighted by molar-refractivity contribution is -0.121. The molecule has 6 nitrogen and oxygen atoms in total. The van der Waals surface area contributed by atoms with E-state index in [1.807, 2.05) is 24.3 Å². The Hall–Kier alpha value is -2.35. The van der Waals surface area contributed by atoms with E-state index in [2.05, 4.69) is 21.1 Å². The second-order valence-corrected chi connectivity index (χ2v) is 7.78. The van der Waals surface area contributed by atoms with Crippen molar-refractivity contribution in [1.29, 1.82) is 0 Å². The molecule has 2 aromatic rings. The number of hydrogen-bond acceptors (Lipinski definition) is 5. The first-order chi connectivity index (χ1) is 14.1. The van der Waals surface area contributed by atoms with Crippen LogP contribution in [0.5, 0.6) is 0 Å². The Morgan fingerprint density at radius 2 is 1.21 bits per heavy atom. The summed E-state index contributed by atoms with van der Waals surface area (Å²) in [6.45, 7) is 0. The normalized spacial score (nSPS) is 11.1. The SMILES string of the molecule is O=C(CCSCCC(=O)N/N=C/c1ccccc1Cl)N/N=C\c1ccccc1Cl. The summed E-state index contributed by atoms with van der Waals surface area (Å²) in [7, 11) is 0. The number of hydrogen-bond donors (Lipinski definition) is 2. The molecule has 0 aliphatic heterocycles. The molecule has 2 N–H and O–H groups in total. The summed E-state index contributed by atoms with van der Waals surface area (Å²) in [5, 5.41) is 8.90. The second-order valence-electron chi connectivity index (χ2n) is 5.74. The zero-order valence-corrected chi connectivity index (χ0v) is 17.8. The van der Waals surface area contributed by atoms with Crippen LogP contribution in [0.15, 0.2) is 58.7 Å². The van der Waals surface area contributed by atoms with Crippen LogP contribution < -0.4 is 10.9 Å². The third kappa shape index (κ3) is 9.13. The Bertz CT molecular complexity index is 819. The van der Waals surface area contributed by atoms with Crippen LogP contribution >= 0.6 is 35.0 Å². The number of benzene rings is 2. The molecule has 2 rings (SSSR count). The summed E-state index contributed by atoms with van der Waals surface area (Å²) >= 11 is 13.5. The molecule has 152 valence electrons. The topological polar surface area (TPSA) is 82.9 Å². The molecular formula is C20H20Cl2N4O2S. The molecule has 0 heterocycles. The van der Waals surface area contributed by atoms with Crippen LogP contribution in [0, 0.1) is 0 Å². The minimum atomic E-state index is -0.199. The fourth-order valence-corrected chi connectivity index (χ4v) is 3.28. The summed E-state index contributed by atoms with van der Waals surface area (Å²) < 4.78 is 0. The highest BCUT2D eigenvalue weighted by molar-refractivity contribution is 7.99. The lowest BCUT2D eigenvalue weighted by Crippen LogP contribution is -2.19. The zero-order chi connectivity index (χ0) is 20.9. The van der Waals surface area contributed by atoms with Crippen LogP contribution in [0.2, 0.25) is 10.0 Å². The van der Waals surface area contributed by atoms with Gasteiger partial charge in [0.1, 0.15) is 0 Å². The fourth-order valence-electron chi connectivity index (χ4n) is 2.05. The van der Waals surface area contributed by atoms with E-state index in [1.165, 1.54) is 24.2 Å². The van der Waals surface area contributed by atoms with E-state index in [9.17, 15) is 9.59 Å². The highest BCUT2D eigenvalue weighted by Gasteiger charge is 2.03. The van der Waals surface area contributed by atoms with Crippen molar-refractivity contribution in [2.45, 2.75) is 12.8 Å². The molecule has 0 aliphatic carbocycles. The Kier molecular flexibility index (Phi) is 10.3. The van der Waals surface area contributed by atoms with Gasteiger partial charge in [-0.15, -0.1) is 0 Å². The second kappa shape index (κ2) is 13.0. The van der Waals surface area contributed by atoms with Gasteiger partial charge >= 0.3 is 0 Å². The number of thioether (sulfide) groups is 1. The smallest absolute Gasteiger partial charge is 0.240 e. The molecule has 0 unspecified atom stereocenters. The first kappa shape index (κ1) is 22.9. The molecule has 0 atom stereocenters. The average Bonchev–Trinajstić information content (AvgIpc) is 2.70. The Morgan fingerprint density at radius 3 is 1.62 bits per heavy atom. The molecule has 0 radical (unpaired) electrons. The molecule has 0 saturated heterocycles. The summed E-state index contributed by atoms with van der Waals surface area (Å²) in [4.78, 5) is 23.5. The Labute approximate surface area is 183 Å². The predicted molar refractivity (Wildman–Crippen MR) is 121 cm³/mol. The van der Waals surface area contributed by atoms with Gasteiger partial charge in [0.05, 0.1) is 12.4 Å². The first-order valence-corrected chi connectivity index (χ1v) is 10.7. The van der Waals surface area contributed by atoms with Crippen molar-refractivity contribution in [2.75, 3.05) is 11.5 Å². The summed E-state index contributed by atoms with van der Waals surface area (Å²) in [5.74, 6) is 0.775. The predicted octanol–water partition coefficient (Wildman–Crippen LogP) is 4.11. The Balaban J connectivity index is 1.56. The maximum absolute atomic E-state index is 11.7. The number of carbonyl (C=O) groups excluding carboxylic acids is 2. The molecule has 2 amide bonds. The third-order valence-corrected chi connectivity index (χ3v) is 5.22. The molecule has 0 bridgehead atoms. The number of carbonyl (C=O) groups is 2. The monoisotopic (exact) mass is 450 g/mol. The van der Waals surface area contributed by atoms with Gasteiger partial charge in [0.25, 0.3) is 0 Å². The molecule has 0 aliphatic rings. The van der Waals surface area contributed by atoms with Crippen molar-refractivity contribution in [2.24, 2.45) is 10.2 Å². The number of nitrogens with one attached hydrogen (secondary N) is 2. The van der Waals surface area contributed by atoms with Crippen molar-refractivity contribution in [3.8, 4) is 0 Å². The molecule has 0 spiro atoms. The maximum atomic E-state index is 11.7. The van der Waals surface area contributed by atoms with E-state index in [0.29, 0.717) is 34.4 Å². The van der Waals surface area contributed by atoms with Crippen LogP contribution in [0.1, 0.15) is 24.0 Å². The van der Waals surface area contributed by atoms with Gasteiger partial charge in [-0.05, 0) is 12.1 Å². The number of nitrogens with zero attached hydrogens (tertiary/aromatic N) is 2. The lowest BCUT2D eigenvalue weighted by atomic mass is 10.2. The fraction of sp³-hybridized carbons (Fsp3) is 0.200. The summed E-state index contributed by atoms with van der Waals surface area (Å²) in [6.07, 6.45) is 3.61. The highest BCUT2D eigenvalue weighted by Crippen LogP contribution is 2.13. The van der Waals surface area contributed by atoms with Crippen LogP contribution in [-0.4, -0.2) is 35.7 Å². The van der Waals surface area contributed by atoms with Gasteiger partial charge in [0, 0.05) is 45.5 Å². The molecule has 0 saturated carbocycles. The quantitative estimate of drug-likeness (QED) is 0.324. The van der Waals surface area contributed by atoms with E-state index in [4.69, 9.17) is 23.2 Å². The third-order valence-electron chi connectivity index (χ3n) is 3.54. The van der Waals surface area contributed by atoms with Crippen LogP contribution in [0.4, 0.5) is 0 Å². The van der Waals surface area contributed by atoms with Gasteiger partial charge < -0.3 is 0 Å². The van der Waals surface area contributed by atoms with Gasteiger partial charge in [0.15, 0.2) is 0 Å². The maximum Gasteiger partial charge on any atom is 0.240 e. The van der Waals surface area contributed by atoms with E-state index in [1.54, 1.807) is 24.3 Å². The van der Waals surface area contributed by atoms with Gasteiger partial charge in [-0.1, -0.05) is 59.6 Å². The zero-order valence-electron chi connectivity index (χ0n) is 15.5. The number of halogens is 2. The van der Waals surface area contributed by atoms with E-state index >= 15 is 0 Å². The minimum absolute atomic E-state index is 0.199. The van der Waals surface area contributed by atoms with Crippen LogP contribution in [0.25, 0.3) is 0 Å². The van der Waals surface area contributed by atoms with Crippen molar-refractivity contribution in [1.82, 2.24) is 10.9 Å². The molecular weight excluding hydrogens is 431 g/mol. The molecule has 0 aromatic heterocycles. The standard InChI is InChI=1S/C20H20Cl2N4O2S/c21-17-7-3-1-5-15(17)13-23-25-19(27)9-11-29-12-10-20(28)26-24-14-16-6-2-4-8-18(16)22/h1-8,13-14H,9-12H2,(H,25,27)(H,26,28)/b23-13-,24-14+. The van der Waals surface area contributed by atoms with Crippen molar-refractivity contribution >= 4 is 59.2 Å². The van der Waals surface area contributed by atoms with Gasteiger partial charge in [-0.3, -0.25) is 9.59 Å². The van der Waals surface area contributed by atoms with Crippen LogP contribution in [0.3, 0.4) is 0 Å². The van der Waals surface area contributed by atoms with E-state index in [0.717, 1.165) is 11.1 Å². The van der Waals surface area contributed by atoms with Gasteiger partial charge in [-0.2, -0.15) is 22.0 Å². The van der Waals surface area contributed by atoms with Gasteiger partial charge in [0.2, 0.25) is 11.8 Å². The lowest BCUT2D eigenvalue weighted by Gasteiger charge is -2.02. The molecule has 29 heavy (non-hydrogen) atoms. The summed E-state index contributed by atoms with van der Waals surface area (Å²) in [5.41, 5.74) is 6.37. The van der Waals surface area contributed by atoms with E-state index in [-0.39, 0.29) is 11.8 Å². The summed E-state index contributed by atoms with van der Waals surface area (Å²) in [6, 6.07) is 14.4. The van der Waals surface area contributed by atoms with Gasteiger partial charge in [-0.25, -0.2) is 10.9 Å². The number of hydrazone groups is 2. The molecule has 9 heteroatoms. The number of amides is 2. The first-order valence-electron chi connectivity index (χ1n) is 8.77. The average molecular weight is 451 g/mol. The Morgan fingerprint density at radius 1 is 0.793 bits per heavy atom. The minimum Gasteiger partial charge on any atom is -0.273 e. The highest BCUT2D eigenvalue weighted by atomic mass is 35.5. The van der Waals surface area contributed by atoms with Crippen molar-refractivity contribution < 1.29 is 9.59 Å². The van der Waals surface area contributed by atoms with Crippen molar-refractivity contribution in [3.05, 3.63) is 69.7 Å².